The lowest BCUT2D eigenvalue weighted by Crippen LogP contribution is -2.04. The van der Waals surface area contributed by atoms with Crippen molar-refractivity contribution in [3.63, 3.8) is 0 Å². The van der Waals surface area contributed by atoms with Crippen molar-refractivity contribution in [2.45, 2.75) is 6.92 Å². The van der Waals surface area contributed by atoms with Gasteiger partial charge in [-0.1, -0.05) is 18.2 Å². The summed E-state index contributed by atoms with van der Waals surface area (Å²) in [5.74, 6) is -0.753. The summed E-state index contributed by atoms with van der Waals surface area (Å²) in [5, 5.41) is 1.21. The van der Waals surface area contributed by atoms with E-state index in [9.17, 15) is 9.18 Å². The second-order valence-corrected chi connectivity index (χ2v) is 3.40. The summed E-state index contributed by atoms with van der Waals surface area (Å²) in [7, 11) is 0. The fourth-order valence-electron chi connectivity index (χ4n) is 1.58. The number of esters is 1. The van der Waals surface area contributed by atoms with Crippen LogP contribution in [0.2, 0.25) is 0 Å². The van der Waals surface area contributed by atoms with E-state index in [0.29, 0.717) is 17.6 Å². The minimum atomic E-state index is -0.423. The average molecular weight is 218 g/mol. The van der Waals surface area contributed by atoms with E-state index in [4.69, 9.17) is 4.74 Å². The maximum absolute atomic E-state index is 13.5. The van der Waals surface area contributed by atoms with Crippen LogP contribution in [-0.2, 0) is 4.74 Å². The molecule has 0 aliphatic heterocycles. The normalized spacial score (nSPS) is 10.4. The highest BCUT2D eigenvalue weighted by atomic mass is 19.1. The largest absolute Gasteiger partial charge is 0.462 e. The van der Waals surface area contributed by atoms with Gasteiger partial charge >= 0.3 is 5.97 Å². The fourth-order valence-corrected chi connectivity index (χ4v) is 1.58. The zero-order valence-corrected chi connectivity index (χ0v) is 8.87. The first-order valence-electron chi connectivity index (χ1n) is 5.08. The monoisotopic (exact) mass is 218 g/mol. The number of rotatable bonds is 2. The summed E-state index contributed by atoms with van der Waals surface area (Å²) >= 11 is 0. The van der Waals surface area contributed by atoms with E-state index < -0.39 is 5.97 Å². The van der Waals surface area contributed by atoms with Crippen LogP contribution in [0.5, 0.6) is 0 Å². The van der Waals surface area contributed by atoms with Crippen LogP contribution in [0.25, 0.3) is 10.8 Å². The Morgan fingerprint density at radius 2 is 2.12 bits per heavy atom. The summed E-state index contributed by atoms with van der Waals surface area (Å²) in [6.45, 7) is 2.05. The molecule has 0 aromatic heterocycles. The van der Waals surface area contributed by atoms with Crippen LogP contribution in [0.3, 0.4) is 0 Å². The molecule has 0 heterocycles. The van der Waals surface area contributed by atoms with Crippen molar-refractivity contribution < 1.29 is 13.9 Å². The van der Waals surface area contributed by atoms with E-state index in [0.717, 1.165) is 5.39 Å². The highest BCUT2D eigenvalue weighted by molar-refractivity contribution is 5.95. The van der Waals surface area contributed by atoms with Gasteiger partial charge in [-0.3, -0.25) is 0 Å². The molecule has 0 amide bonds. The highest BCUT2D eigenvalue weighted by Crippen LogP contribution is 2.19. The second-order valence-electron chi connectivity index (χ2n) is 3.40. The zero-order valence-electron chi connectivity index (χ0n) is 8.87. The van der Waals surface area contributed by atoms with E-state index in [1.54, 1.807) is 31.2 Å². The number of benzene rings is 2. The van der Waals surface area contributed by atoms with E-state index in [-0.39, 0.29) is 5.82 Å². The van der Waals surface area contributed by atoms with Gasteiger partial charge in [-0.2, -0.15) is 0 Å². The molecule has 0 N–H and O–H groups in total. The van der Waals surface area contributed by atoms with Crippen molar-refractivity contribution in [2.75, 3.05) is 6.61 Å². The average Bonchev–Trinajstić information content (AvgIpc) is 2.29. The molecule has 0 aliphatic carbocycles. The molecule has 0 saturated carbocycles. The molecular weight excluding hydrogens is 207 g/mol. The number of carbonyl (C=O) groups excluding carboxylic acids is 1. The SMILES string of the molecule is CCOC(=O)c1ccc2cccc(F)c2c1. The molecule has 2 rings (SSSR count). The molecular formula is C13H11FO2. The first kappa shape index (κ1) is 10.6. The number of ether oxygens (including phenoxy) is 1. The van der Waals surface area contributed by atoms with Crippen LogP contribution in [-0.4, -0.2) is 12.6 Å². The van der Waals surface area contributed by atoms with Crippen LogP contribution >= 0.6 is 0 Å². The topological polar surface area (TPSA) is 26.3 Å². The van der Waals surface area contributed by atoms with Gasteiger partial charge in [-0.15, -0.1) is 0 Å². The third-order valence-electron chi connectivity index (χ3n) is 2.34. The molecule has 2 nitrogen and oxygen atoms in total. The van der Waals surface area contributed by atoms with Gasteiger partial charge in [0.15, 0.2) is 0 Å². The van der Waals surface area contributed by atoms with Crippen LogP contribution < -0.4 is 0 Å². The van der Waals surface area contributed by atoms with Gasteiger partial charge in [0.25, 0.3) is 0 Å². The van der Waals surface area contributed by atoms with Crippen molar-refractivity contribution in [1.29, 1.82) is 0 Å². The Labute approximate surface area is 92.6 Å². The third-order valence-corrected chi connectivity index (χ3v) is 2.34. The predicted molar refractivity (Wildman–Crippen MR) is 59.9 cm³/mol. The molecule has 82 valence electrons. The molecule has 2 aromatic carbocycles. The first-order valence-corrected chi connectivity index (χ1v) is 5.08. The van der Waals surface area contributed by atoms with Gasteiger partial charge in [-0.05, 0) is 30.5 Å². The predicted octanol–water partition coefficient (Wildman–Crippen LogP) is 3.16. The Kier molecular flexibility index (Phi) is 2.86. The third kappa shape index (κ3) is 1.89. The van der Waals surface area contributed by atoms with Gasteiger partial charge in [0.2, 0.25) is 0 Å². The fraction of sp³-hybridized carbons (Fsp3) is 0.154. The molecule has 0 spiro atoms. The molecule has 0 atom stereocenters. The molecule has 0 aliphatic rings. The molecule has 16 heavy (non-hydrogen) atoms. The Morgan fingerprint density at radius 1 is 1.31 bits per heavy atom. The Balaban J connectivity index is 2.51. The van der Waals surface area contributed by atoms with Gasteiger partial charge < -0.3 is 4.74 Å². The second kappa shape index (κ2) is 4.31. The number of hydrogen-bond donors (Lipinski definition) is 0. The van der Waals surface area contributed by atoms with Gasteiger partial charge in [0.1, 0.15) is 5.82 Å². The summed E-state index contributed by atoms with van der Waals surface area (Å²) in [6, 6.07) is 9.68. The Morgan fingerprint density at radius 3 is 2.88 bits per heavy atom. The number of hydrogen-bond acceptors (Lipinski definition) is 2. The van der Waals surface area contributed by atoms with Crippen molar-refractivity contribution >= 4 is 16.7 Å². The summed E-state index contributed by atoms with van der Waals surface area (Å²) < 4.78 is 18.3. The van der Waals surface area contributed by atoms with Crippen molar-refractivity contribution in [1.82, 2.24) is 0 Å². The lowest BCUT2D eigenvalue weighted by Gasteiger charge is -2.04. The van der Waals surface area contributed by atoms with Crippen LogP contribution in [0.1, 0.15) is 17.3 Å². The first-order chi connectivity index (χ1) is 7.72. The van der Waals surface area contributed by atoms with Crippen LogP contribution in [0, 0.1) is 5.82 Å². The smallest absolute Gasteiger partial charge is 0.338 e. The minimum Gasteiger partial charge on any atom is -0.462 e. The lowest BCUT2D eigenvalue weighted by atomic mass is 10.1. The quantitative estimate of drug-likeness (QED) is 0.724. The summed E-state index contributed by atoms with van der Waals surface area (Å²) in [5.41, 5.74) is 0.374. The van der Waals surface area contributed by atoms with Crippen molar-refractivity contribution in [3.8, 4) is 0 Å². The van der Waals surface area contributed by atoms with Gasteiger partial charge in [0.05, 0.1) is 12.2 Å². The van der Waals surface area contributed by atoms with Crippen molar-refractivity contribution in [2.24, 2.45) is 0 Å². The van der Waals surface area contributed by atoms with Gasteiger partial charge in [0, 0.05) is 5.39 Å². The van der Waals surface area contributed by atoms with Crippen LogP contribution in [0.4, 0.5) is 4.39 Å². The zero-order chi connectivity index (χ0) is 11.5. The molecule has 0 radical (unpaired) electrons. The lowest BCUT2D eigenvalue weighted by molar-refractivity contribution is 0.0526. The highest BCUT2D eigenvalue weighted by Gasteiger charge is 2.08. The summed E-state index contributed by atoms with van der Waals surface area (Å²) in [6.07, 6.45) is 0. The van der Waals surface area contributed by atoms with E-state index in [1.165, 1.54) is 12.1 Å². The minimum absolute atomic E-state index is 0.314. The molecule has 0 bridgehead atoms. The van der Waals surface area contributed by atoms with Crippen LogP contribution in [0.15, 0.2) is 36.4 Å². The van der Waals surface area contributed by atoms with Crippen molar-refractivity contribution in [3.05, 3.63) is 47.8 Å². The molecule has 2 aromatic rings. The maximum Gasteiger partial charge on any atom is 0.338 e. The summed E-state index contributed by atoms with van der Waals surface area (Å²) in [4.78, 5) is 11.5. The molecule has 3 heteroatoms. The molecule has 0 unspecified atom stereocenters. The number of fused-ring (bicyclic) bond motifs is 1. The number of halogens is 1. The maximum atomic E-state index is 13.5. The van der Waals surface area contributed by atoms with E-state index >= 15 is 0 Å². The molecule has 0 fully saturated rings. The standard InChI is InChI=1S/C13H11FO2/c1-2-16-13(15)10-7-6-9-4-3-5-12(14)11(9)8-10/h3-8H,2H2,1H3. The van der Waals surface area contributed by atoms with Gasteiger partial charge in [-0.25, -0.2) is 9.18 Å². The number of carbonyl (C=O) groups is 1. The molecule has 0 saturated heterocycles. The van der Waals surface area contributed by atoms with E-state index in [1.807, 2.05) is 0 Å². The van der Waals surface area contributed by atoms with E-state index in [2.05, 4.69) is 0 Å². The Hall–Kier alpha value is -1.90. The Bertz CT molecular complexity index is 534.